The number of pyridine rings is 1. The highest BCUT2D eigenvalue weighted by Gasteiger charge is 2.22. The fourth-order valence-corrected chi connectivity index (χ4v) is 1.01. The summed E-state index contributed by atoms with van der Waals surface area (Å²) in [6, 6.07) is 1.74. The molecule has 1 aromatic rings. The van der Waals surface area contributed by atoms with Gasteiger partial charge in [0.1, 0.15) is 17.6 Å². The Bertz CT molecular complexity index is 456. The number of hydrogen-bond acceptors (Lipinski definition) is 3. The number of nitrogens with zero attached hydrogens (tertiary/aromatic N) is 2. The Labute approximate surface area is 87.1 Å². The third-order valence-electron chi connectivity index (χ3n) is 1.53. The Hall–Kier alpha value is -1.61. The van der Waals surface area contributed by atoms with E-state index >= 15 is 0 Å². The number of rotatable bonds is 2. The molecule has 0 aromatic carbocycles. The summed E-state index contributed by atoms with van der Waals surface area (Å²) in [6.07, 6.45) is -3.17. The van der Waals surface area contributed by atoms with Crippen LogP contribution in [0, 0.1) is 17.1 Å². The van der Waals surface area contributed by atoms with Gasteiger partial charge in [-0.2, -0.15) is 5.26 Å². The maximum Gasteiger partial charge on any atom is 0.270 e. The molecule has 7 heteroatoms. The third-order valence-corrected chi connectivity index (χ3v) is 1.73. The summed E-state index contributed by atoms with van der Waals surface area (Å²) in [5, 5.41) is 7.31. The van der Waals surface area contributed by atoms with E-state index in [0.717, 1.165) is 0 Å². The van der Waals surface area contributed by atoms with Crippen molar-refractivity contribution in [3.8, 4) is 6.07 Å². The minimum Gasteiger partial charge on any atom is -0.274 e. The summed E-state index contributed by atoms with van der Waals surface area (Å²) < 4.78 is 37.5. The average Bonchev–Trinajstić information content (AvgIpc) is 2.15. The van der Waals surface area contributed by atoms with Crippen molar-refractivity contribution in [1.29, 1.82) is 5.26 Å². The van der Waals surface area contributed by atoms with Crippen LogP contribution >= 0.6 is 11.6 Å². The topological polar surface area (TPSA) is 53.8 Å². The highest BCUT2D eigenvalue weighted by molar-refractivity contribution is 6.67. The lowest BCUT2D eigenvalue weighted by atomic mass is 10.2. The van der Waals surface area contributed by atoms with E-state index in [1.807, 2.05) is 0 Å². The number of alkyl halides is 2. The van der Waals surface area contributed by atoms with Gasteiger partial charge in [-0.25, -0.2) is 18.2 Å². The van der Waals surface area contributed by atoms with Crippen LogP contribution in [-0.2, 0) is 0 Å². The van der Waals surface area contributed by atoms with Crippen LogP contribution in [0.5, 0.6) is 0 Å². The predicted molar refractivity (Wildman–Crippen MR) is 44.1 cm³/mol. The number of hydrogen-bond donors (Lipinski definition) is 0. The summed E-state index contributed by atoms with van der Waals surface area (Å²) >= 11 is 4.97. The van der Waals surface area contributed by atoms with Crippen LogP contribution in [0.15, 0.2) is 6.07 Å². The second kappa shape index (κ2) is 4.28. The van der Waals surface area contributed by atoms with Crippen molar-refractivity contribution in [2.45, 2.75) is 6.43 Å². The average molecular weight is 235 g/mol. The smallest absolute Gasteiger partial charge is 0.270 e. The number of aromatic nitrogens is 1. The first-order valence-electron chi connectivity index (χ1n) is 3.56. The second-order valence-corrected chi connectivity index (χ2v) is 2.78. The lowest BCUT2D eigenvalue weighted by Crippen LogP contribution is -2.04. The molecule has 0 N–H and O–H groups in total. The van der Waals surface area contributed by atoms with Crippen LogP contribution in [0.2, 0.25) is 0 Å². The van der Waals surface area contributed by atoms with Gasteiger partial charge < -0.3 is 0 Å². The number of carbonyl (C=O) groups is 1. The zero-order chi connectivity index (χ0) is 11.6. The molecular weight excluding hydrogens is 233 g/mol. The predicted octanol–water partition coefficient (Wildman–Crippen LogP) is 2.41. The number of halogens is 4. The Kier molecular flexibility index (Phi) is 3.27. The Morgan fingerprint density at radius 3 is 2.60 bits per heavy atom. The van der Waals surface area contributed by atoms with Crippen molar-refractivity contribution in [3.05, 3.63) is 28.8 Å². The van der Waals surface area contributed by atoms with Gasteiger partial charge in [0.15, 0.2) is 5.69 Å². The molecule has 0 unspecified atom stereocenters. The van der Waals surface area contributed by atoms with Gasteiger partial charge in [0.2, 0.25) is 0 Å². The molecule has 0 saturated heterocycles. The molecule has 1 rings (SSSR count). The van der Waals surface area contributed by atoms with Gasteiger partial charge >= 0.3 is 0 Å². The first-order chi connectivity index (χ1) is 6.97. The van der Waals surface area contributed by atoms with Crippen molar-refractivity contribution in [3.63, 3.8) is 0 Å². The van der Waals surface area contributed by atoms with Crippen LogP contribution in [0.3, 0.4) is 0 Å². The minimum atomic E-state index is -3.17. The maximum atomic E-state index is 13.0. The van der Waals surface area contributed by atoms with Gasteiger partial charge in [0.05, 0.1) is 5.56 Å². The van der Waals surface area contributed by atoms with Gasteiger partial charge in [-0.05, 0) is 11.6 Å². The van der Waals surface area contributed by atoms with Crippen molar-refractivity contribution < 1.29 is 18.0 Å². The molecule has 3 nitrogen and oxygen atoms in total. The molecule has 15 heavy (non-hydrogen) atoms. The van der Waals surface area contributed by atoms with Crippen LogP contribution < -0.4 is 0 Å². The summed E-state index contributed by atoms with van der Waals surface area (Å²) in [5.41, 5.74) is -2.54. The van der Waals surface area contributed by atoms with Crippen molar-refractivity contribution in [2.24, 2.45) is 0 Å². The molecule has 0 spiro atoms. The second-order valence-electron chi connectivity index (χ2n) is 2.44. The van der Waals surface area contributed by atoms with Crippen molar-refractivity contribution in [1.82, 2.24) is 4.98 Å². The van der Waals surface area contributed by atoms with E-state index < -0.39 is 34.4 Å². The number of carbonyl (C=O) groups excluding carboxylic acids is 1. The van der Waals surface area contributed by atoms with Crippen LogP contribution in [0.25, 0.3) is 0 Å². The van der Waals surface area contributed by atoms with E-state index in [-0.39, 0.29) is 0 Å². The molecular formula is C8H2ClF3N2O. The zero-order valence-electron chi connectivity index (χ0n) is 6.97. The van der Waals surface area contributed by atoms with E-state index in [1.54, 1.807) is 0 Å². The van der Waals surface area contributed by atoms with E-state index in [1.165, 1.54) is 6.07 Å². The quantitative estimate of drug-likeness (QED) is 0.739. The largest absolute Gasteiger partial charge is 0.274 e. The van der Waals surface area contributed by atoms with E-state index in [4.69, 9.17) is 16.9 Å². The van der Waals surface area contributed by atoms with E-state index in [2.05, 4.69) is 4.98 Å². The molecule has 0 atom stereocenters. The first-order valence-corrected chi connectivity index (χ1v) is 3.93. The molecule has 0 amide bonds. The molecule has 1 heterocycles. The fraction of sp³-hybridized carbons (Fsp3) is 0.125. The maximum absolute atomic E-state index is 13.0. The summed E-state index contributed by atoms with van der Waals surface area (Å²) in [6.45, 7) is 0. The lowest BCUT2D eigenvalue weighted by Gasteiger charge is -2.04. The zero-order valence-corrected chi connectivity index (χ0v) is 7.73. The fourth-order valence-electron chi connectivity index (χ4n) is 0.917. The molecule has 0 aliphatic rings. The Balaban J connectivity index is 3.46. The lowest BCUT2D eigenvalue weighted by molar-refractivity contribution is 0.107. The monoisotopic (exact) mass is 234 g/mol. The molecule has 0 radical (unpaired) electrons. The van der Waals surface area contributed by atoms with Gasteiger partial charge in [-0.15, -0.1) is 0 Å². The van der Waals surface area contributed by atoms with Crippen LogP contribution in [0.4, 0.5) is 13.2 Å². The molecule has 78 valence electrons. The molecule has 0 aliphatic carbocycles. The molecule has 0 fully saturated rings. The third kappa shape index (κ3) is 2.25. The highest BCUT2D eigenvalue weighted by Crippen LogP contribution is 2.25. The van der Waals surface area contributed by atoms with Crippen molar-refractivity contribution in [2.75, 3.05) is 0 Å². The van der Waals surface area contributed by atoms with Crippen LogP contribution in [-0.4, -0.2) is 10.2 Å². The standard InChI is InChI=1S/C8H2ClF3N2O/c9-7(15)4-1-3(10)6(8(11)12)5(2-13)14-4/h1,8H. The first kappa shape index (κ1) is 11.5. The Morgan fingerprint density at radius 1 is 1.60 bits per heavy atom. The van der Waals surface area contributed by atoms with Crippen LogP contribution in [0.1, 0.15) is 28.2 Å². The summed E-state index contributed by atoms with van der Waals surface area (Å²) in [4.78, 5) is 13.8. The summed E-state index contributed by atoms with van der Waals surface area (Å²) in [5.74, 6) is -1.37. The summed E-state index contributed by atoms with van der Waals surface area (Å²) in [7, 11) is 0. The Morgan fingerprint density at radius 2 is 2.20 bits per heavy atom. The highest BCUT2D eigenvalue weighted by atomic mass is 35.5. The van der Waals surface area contributed by atoms with Gasteiger partial charge in [-0.3, -0.25) is 4.79 Å². The molecule has 0 aliphatic heterocycles. The SMILES string of the molecule is N#Cc1nc(C(=O)Cl)cc(F)c1C(F)F. The van der Waals surface area contributed by atoms with E-state index in [0.29, 0.717) is 6.07 Å². The van der Waals surface area contributed by atoms with E-state index in [9.17, 15) is 18.0 Å². The minimum absolute atomic E-state index is 0.470. The van der Waals surface area contributed by atoms with Crippen molar-refractivity contribution >= 4 is 16.8 Å². The number of nitriles is 1. The van der Waals surface area contributed by atoms with Gasteiger partial charge in [0.25, 0.3) is 11.7 Å². The van der Waals surface area contributed by atoms with Gasteiger partial charge in [-0.1, -0.05) is 0 Å². The van der Waals surface area contributed by atoms with Gasteiger partial charge in [0, 0.05) is 6.07 Å². The molecule has 0 bridgehead atoms. The molecule has 0 saturated carbocycles. The molecule has 1 aromatic heterocycles. The normalized spacial score (nSPS) is 10.1.